The topological polar surface area (TPSA) is 94.8 Å². The van der Waals surface area contributed by atoms with E-state index in [2.05, 4.69) is 0 Å². The van der Waals surface area contributed by atoms with E-state index in [1.165, 1.54) is 12.1 Å². The summed E-state index contributed by atoms with van der Waals surface area (Å²) in [4.78, 5) is 25.2. The summed E-state index contributed by atoms with van der Waals surface area (Å²) >= 11 is 0. The highest BCUT2D eigenvalue weighted by Crippen LogP contribution is 2.57. The van der Waals surface area contributed by atoms with Crippen molar-refractivity contribution in [3.63, 3.8) is 0 Å². The standard InChI is InChI=1S/C17H20O5/c1-16(2)7-11(20)15(22)17(3)8-4-5-9(18)14(21)13(8)10(19)6-12(16)17/h4-5,11-12,18,20-21H,6-7H2,1-3H3/t11?,12?,17-/m1/s1. The lowest BCUT2D eigenvalue weighted by Crippen LogP contribution is -2.59. The fourth-order valence-corrected chi connectivity index (χ4v) is 4.42. The maximum Gasteiger partial charge on any atom is 0.171 e. The van der Waals surface area contributed by atoms with E-state index in [0.29, 0.717) is 12.0 Å². The van der Waals surface area contributed by atoms with Crippen LogP contribution in [0.15, 0.2) is 12.1 Å². The van der Waals surface area contributed by atoms with E-state index in [1.54, 1.807) is 6.92 Å². The summed E-state index contributed by atoms with van der Waals surface area (Å²) in [6.45, 7) is 5.63. The second-order valence-corrected chi connectivity index (χ2v) is 7.31. The maximum absolute atomic E-state index is 12.7. The van der Waals surface area contributed by atoms with Crippen LogP contribution in [0.1, 0.15) is 49.5 Å². The number of ketones is 2. The predicted octanol–water partition coefficient (Wildman–Crippen LogP) is 1.92. The first-order valence-electron chi connectivity index (χ1n) is 7.41. The summed E-state index contributed by atoms with van der Waals surface area (Å²) in [5.74, 6) is -1.70. The molecule has 0 heterocycles. The van der Waals surface area contributed by atoms with Gasteiger partial charge in [0, 0.05) is 6.42 Å². The van der Waals surface area contributed by atoms with Crippen LogP contribution in [-0.4, -0.2) is 33.0 Å². The Balaban J connectivity index is 2.32. The molecule has 2 unspecified atom stereocenters. The quantitative estimate of drug-likeness (QED) is 0.637. The van der Waals surface area contributed by atoms with E-state index in [4.69, 9.17) is 0 Å². The lowest BCUT2D eigenvalue weighted by atomic mass is 9.49. The van der Waals surface area contributed by atoms with Gasteiger partial charge in [0.2, 0.25) is 0 Å². The second kappa shape index (κ2) is 4.32. The van der Waals surface area contributed by atoms with Crippen LogP contribution >= 0.6 is 0 Å². The SMILES string of the molecule is CC1(C)CC(O)C(=O)[C@]2(C)c3ccc(O)c(O)c3C(=O)CC12. The Labute approximate surface area is 128 Å². The Kier molecular flexibility index (Phi) is 2.95. The zero-order valence-electron chi connectivity index (χ0n) is 12.9. The molecule has 22 heavy (non-hydrogen) atoms. The lowest BCUT2D eigenvalue weighted by Gasteiger charge is -2.53. The summed E-state index contributed by atoms with van der Waals surface area (Å²) < 4.78 is 0. The van der Waals surface area contributed by atoms with E-state index in [9.17, 15) is 24.9 Å². The Hall–Kier alpha value is -1.88. The molecule has 1 saturated carbocycles. The first-order chi connectivity index (χ1) is 10.1. The molecule has 3 rings (SSSR count). The normalized spacial score (nSPS) is 33.3. The third-order valence-corrected chi connectivity index (χ3v) is 5.56. The molecule has 0 radical (unpaired) electrons. The van der Waals surface area contributed by atoms with Gasteiger partial charge in [0.15, 0.2) is 23.1 Å². The second-order valence-electron chi connectivity index (χ2n) is 7.31. The number of aromatic hydroxyl groups is 2. The average Bonchev–Trinajstić information content (AvgIpc) is 2.42. The molecule has 5 heteroatoms. The Morgan fingerprint density at radius 3 is 2.41 bits per heavy atom. The molecule has 0 aliphatic heterocycles. The number of fused-ring (bicyclic) bond motifs is 3. The Morgan fingerprint density at radius 2 is 1.77 bits per heavy atom. The number of hydrogen-bond acceptors (Lipinski definition) is 5. The Morgan fingerprint density at radius 1 is 1.14 bits per heavy atom. The number of hydrogen-bond donors (Lipinski definition) is 3. The number of phenolic OH excluding ortho intramolecular Hbond substituents is 2. The van der Waals surface area contributed by atoms with Crippen molar-refractivity contribution >= 4 is 11.6 Å². The van der Waals surface area contributed by atoms with Crippen LogP contribution in [0.5, 0.6) is 11.5 Å². The number of carbonyl (C=O) groups is 2. The van der Waals surface area contributed by atoms with Gasteiger partial charge in [-0.1, -0.05) is 19.9 Å². The molecular weight excluding hydrogens is 284 g/mol. The maximum atomic E-state index is 12.7. The van der Waals surface area contributed by atoms with Gasteiger partial charge in [-0.2, -0.15) is 0 Å². The first kappa shape index (κ1) is 15.0. The first-order valence-corrected chi connectivity index (χ1v) is 7.41. The van der Waals surface area contributed by atoms with Gasteiger partial charge in [-0.05, 0) is 36.3 Å². The van der Waals surface area contributed by atoms with Crippen LogP contribution in [0.3, 0.4) is 0 Å². The molecule has 0 amide bonds. The Bertz CT molecular complexity index is 691. The smallest absolute Gasteiger partial charge is 0.171 e. The molecule has 3 N–H and O–H groups in total. The predicted molar refractivity (Wildman–Crippen MR) is 79.0 cm³/mol. The monoisotopic (exact) mass is 304 g/mol. The van der Waals surface area contributed by atoms with Crippen LogP contribution in [0.2, 0.25) is 0 Å². The molecule has 3 atom stereocenters. The van der Waals surface area contributed by atoms with Crippen molar-refractivity contribution < 1.29 is 24.9 Å². The van der Waals surface area contributed by atoms with E-state index in [-0.39, 0.29) is 40.6 Å². The summed E-state index contributed by atoms with van der Waals surface area (Å²) in [5, 5.41) is 29.9. The van der Waals surface area contributed by atoms with Crippen LogP contribution in [0.4, 0.5) is 0 Å². The number of carbonyl (C=O) groups excluding carboxylic acids is 2. The van der Waals surface area contributed by atoms with Gasteiger partial charge < -0.3 is 15.3 Å². The van der Waals surface area contributed by atoms with E-state index in [1.807, 2.05) is 13.8 Å². The number of rotatable bonds is 0. The third-order valence-electron chi connectivity index (χ3n) is 5.56. The fourth-order valence-electron chi connectivity index (χ4n) is 4.42. The zero-order valence-corrected chi connectivity index (χ0v) is 12.9. The van der Waals surface area contributed by atoms with Gasteiger partial charge in [-0.15, -0.1) is 0 Å². The summed E-state index contributed by atoms with van der Waals surface area (Å²) in [6.07, 6.45) is -0.654. The molecule has 5 nitrogen and oxygen atoms in total. The van der Waals surface area contributed by atoms with Crippen molar-refractivity contribution in [1.82, 2.24) is 0 Å². The van der Waals surface area contributed by atoms with Gasteiger partial charge in [-0.25, -0.2) is 0 Å². The minimum atomic E-state index is -1.09. The highest BCUT2D eigenvalue weighted by Gasteiger charge is 2.59. The van der Waals surface area contributed by atoms with Crippen molar-refractivity contribution in [2.75, 3.05) is 0 Å². The number of aliphatic hydroxyl groups is 1. The molecular formula is C17H20O5. The van der Waals surface area contributed by atoms with Crippen molar-refractivity contribution in [2.24, 2.45) is 11.3 Å². The highest BCUT2D eigenvalue weighted by molar-refractivity contribution is 6.07. The fraction of sp³-hybridized carbons (Fsp3) is 0.529. The molecule has 1 fully saturated rings. The van der Waals surface area contributed by atoms with Crippen LogP contribution < -0.4 is 0 Å². The van der Waals surface area contributed by atoms with Crippen molar-refractivity contribution in [3.8, 4) is 11.5 Å². The van der Waals surface area contributed by atoms with Gasteiger partial charge in [0.25, 0.3) is 0 Å². The van der Waals surface area contributed by atoms with Crippen LogP contribution in [0, 0.1) is 11.3 Å². The molecule has 0 saturated heterocycles. The van der Waals surface area contributed by atoms with Gasteiger partial charge >= 0.3 is 0 Å². The van der Waals surface area contributed by atoms with Gasteiger partial charge in [0.1, 0.15) is 6.10 Å². The van der Waals surface area contributed by atoms with E-state index >= 15 is 0 Å². The largest absolute Gasteiger partial charge is 0.504 e. The molecule has 0 aromatic heterocycles. The number of aliphatic hydroxyl groups excluding tert-OH is 1. The number of phenols is 2. The summed E-state index contributed by atoms with van der Waals surface area (Å²) in [5.41, 5.74) is -1.02. The molecule has 1 aromatic rings. The lowest BCUT2D eigenvalue weighted by molar-refractivity contribution is -0.146. The van der Waals surface area contributed by atoms with Gasteiger partial charge in [-0.3, -0.25) is 9.59 Å². The molecule has 0 spiro atoms. The van der Waals surface area contributed by atoms with Crippen LogP contribution in [-0.2, 0) is 10.2 Å². The van der Waals surface area contributed by atoms with Gasteiger partial charge in [0.05, 0.1) is 11.0 Å². The van der Waals surface area contributed by atoms with Crippen molar-refractivity contribution in [1.29, 1.82) is 0 Å². The molecule has 0 bridgehead atoms. The minimum Gasteiger partial charge on any atom is -0.504 e. The molecule has 1 aromatic carbocycles. The summed E-state index contributed by atoms with van der Waals surface area (Å²) in [7, 11) is 0. The van der Waals surface area contributed by atoms with E-state index < -0.39 is 17.3 Å². The minimum absolute atomic E-state index is 0.0111. The summed E-state index contributed by atoms with van der Waals surface area (Å²) in [6, 6.07) is 2.80. The molecule has 2 aliphatic carbocycles. The van der Waals surface area contributed by atoms with E-state index in [0.717, 1.165) is 0 Å². The van der Waals surface area contributed by atoms with Crippen molar-refractivity contribution in [3.05, 3.63) is 23.3 Å². The zero-order chi connectivity index (χ0) is 16.4. The molecule has 118 valence electrons. The van der Waals surface area contributed by atoms with Crippen LogP contribution in [0.25, 0.3) is 0 Å². The third kappa shape index (κ3) is 1.69. The number of benzene rings is 1. The number of Topliss-reactive ketones (excluding diaryl/α,β-unsaturated/α-hetero) is 2. The van der Waals surface area contributed by atoms with Crippen molar-refractivity contribution in [2.45, 2.75) is 45.1 Å². The average molecular weight is 304 g/mol. The molecule has 2 aliphatic rings. The highest BCUT2D eigenvalue weighted by atomic mass is 16.3.